The molecule has 0 saturated heterocycles. The lowest BCUT2D eigenvalue weighted by molar-refractivity contribution is -0.386. The molecule has 1 rings (SSSR count). The van der Waals surface area contributed by atoms with Crippen LogP contribution in [0, 0.1) is 0 Å². The Kier molecular flexibility index (Phi) is 5.76. The van der Waals surface area contributed by atoms with Crippen LogP contribution in [0.2, 0.25) is 0 Å². The van der Waals surface area contributed by atoms with Gasteiger partial charge in [-0.2, -0.15) is 0 Å². The van der Waals surface area contributed by atoms with Gasteiger partial charge in [-0.05, 0) is 24.0 Å². The fourth-order valence-electron chi connectivity index (χ4n) is 1.39. The van der Waals surface area contributed by atoms with E-state index in [4.69, 9.17) is 0 Å². The Morgan fingerprint density at radius 3 is 1.62 bits per heavy atom. The minimum atomic E-state index is 0. The molecule has 0 aliphatic rings. The van der Waals surface area contributed by atoms with Crippen LogP contribution in [-0.2, 0) is 19.4 Å². The van der Waals surface area contributed by atoms with Gasteiger partial charge in [0.15, 0.2) is 0 Å². The first-order valence-corrected chi connectivity index (χ1v) is 4.71. The van der Waals surface area contributed by atoms with Crippen molar-refractivity contribution in [2.24, 2.45) is 0 Å². The average molecular weight is 200 g/mol. The van der Waals surface area contributed by atoms with Crippen LogP contribution < -0.4 is 18.1 Å². The average Bonchev–Trinajstić information content (AvgIpc) is 2.16. The van der Waals surface area contributed by atoms with Crippen molar-refractivity contribution in [2.45, 2.75) is 33.2 Å². The van der Waals surface area contributed by atoms with E-state index in [9.17, 15) is 0 Å². The van der Waals surface area contributed by atoms with Gasteiger partial charge < -0.3 is 18.1 Å². The highest BCUT2D eigenvalue weighted by Crippen LogP contribution is 2.10. The zero-order chi connectivity index (χ0) is 8.97. The Morgan fingerprint density at radius 1 is 0.923 bits per heavy atom. The van der Waals surface area contributed by atoms with Gasteiger partial charge in [-0.25, -0.2) is 0 Å². The molecule has 0 bridgehead atoms. The van der Waals surface area contributed by atoms with Crippen LogP contribution >= 0.6 is 0 Å². The molecule has 1 aromatic carbocycles. The van der Waals surface area contributed by atoms with E-state index in [1.807, 2.05) is 0 Å². The van der Waals surface area contributed by atoms with E-state index in [1.54, 1.807) is 0 Å². The second-order valence-electron chi connectivity index (χ2n) is 3.11. The predicted octanol–water partition coefficient (Wildman–Crippen LogP) is -1.44. The maximum absolute atomic E-state index is 3.91. The minimum Gasteiger partial charge on any atom is -1.00 e. The van der Waals surface area contributed by atoms with Gasteiger partial charge in [0.05, 0.1) is 6.54 Å². The van der Waals surface area contributed by atoms with Crippen molar-refractivity contribution < 1.29 is 18.1 Å². The largest absolute Gasteiger partial charge is 1.00 e. The first-order valence-electron chi connectivity index (χ1n) is 4.71. The third-order valence-electron chi connectivity index (χ3n) is 2.22. The molecular weight excluding hydrogens is 182 g/mol. The molecule has 0 atom stereocenters. The number of aryl methyl sites for hydroxylation is 2. The van der Waals surface area contributed by atoms with Crippen LogP contribution in [0.15, 0.2) is 18.2 Å². The molecule has 0 spiro atoms. The summed E-state index contributed by atoms with van der Waals surface area (Å²) < 4.78 is 0. The molecular formula is C11H18ClN. The second kappa shape index (κ2) is 6.01. The summed E-state index contributed by atoms with van der Waals surface area (Å²) >= 11 is 0. The van der Waals surface area contributed by atoms with Crippen LogP contribution in [0.5, 0.6) is 0 Å². The number of hydrogen-bond donors (Lipinski definition) is 1. The lowest BCUT2D eigenvalue weighted by atomic mass is 10.0. The number of halogens is 1. The van der Waals surface area contributed by atoms with Gasteiger partial charge >= 0.3 is 0 Å². The zero-order valence-electron chi connectivity index (χ0n) is 8.44. The summed E-state index contributed by atoms with van der Waals surface area (Å²) in [6.45, 7) is 5.30. The maximum Gasteiger partial charge on any atom is 0.0997 e. The maximum atomic E-state index is 3.91. The summed E-state index contributed by atoms with van der Waals surface area (Å²) in [5, 5.41) is 0. The third-order valence-corrected chi connectivity index (χ3v) is 2.22. The SMILES string of the molecule is CCc1cc(CC)cc(C[NH3+])c1.[Cl-]. The summed E-state index contributed by atoms with van der Waals surface area (Å²) in [5.41, 5.74) is 8.15. The van der Waals surface area contributed by atoms with E-state index in [1.165, 1.54) is 16.7 Å². The minimum absolute atomic E-state index is 0. The van der Waals surface area contributed by atoms with E-state index in [-0.39, 0.29) is 12.4 Å². The Bertz CT molecular complexity index is 203. The number of hydrogen-bond acceptors (Lipinski definition) is 0. The Balaban J connectivity index is 0.00000144. The van der Waals surface area contributed by atoms with Crippen molar-refractivity contribution in [1.29, 1.82) is 0 Å². The predicted molar refractivity (Wildman–Crippen MR) is 51.8 cm³/mol. The van der Waals surface area contributed by atoms with Crippen molar-refractivity contribution in [1.82, 2.24) is 0 Å². The monoisotopic (exact) mass is 199 g/mol. The van der Waals surface area contributed by atoms with Gasteiger partial charge in [-0.15, -0.1) is 0 Å². The van der Waals surface area contributed by atoms with Crippen molar-refractivity contribution in [3.63, 3.8) is 0 Å². The molecule has 0 fully saturated rings. The van der Waals surface area contributed by atoms with Gasteiger partial charge in [0, 0.05) is 5.56 Å². The molecule has 0 aliphatic carbocycles. The van der Waals surface area contributed by atoms with Gasteiger partial charge in [-0.1, -0.05) is 32.0 Å². The van der Waals surface area contributed by atoms with Gasteiger partial charge in [0.1, 0.15) is 0 Å². The quantitative estimate of drug-likeness (QED) is 0.618. The fraction of sp³-hybridized carbons (Fsp3) is 0.455. The summed E-state index contributed by atoms with van der Waals surface area (Å²) in [5.74, 6) is 0. The molecule has 0 heterocycles. The molecule has 2 heteroatoms. The van der Waals surface area contributed by atoms with Crippen LogP contribution in [0.4, 0.5) is 0 Å². The van der Waals surface area contributed by atoms with Crippen molar-refractivity contribution in [2.75, 3.05) is 0 Å². The van der Waals surface area contributed by atoms with Crippen molar-refractivity contribution in [3.05, 3.63) is 34.9 Å². The Morgan fingerprint density at radius 2 is 1.31 bits per heavy atom. The fourth-order valence-corrected chi connectivity index (χ4v) is 1.39. The molecule has 1 nitrogen and oxygen atoms in total. The molecule has 0 aromatic heterocycles. The highest BCUT2D eigenvalue weighted by molar-refractivity contribution is 5.29. The Hall–Kier alpha value is -0.530. The Labute approximate surface area is 86.7 Å². The summed E-state index contributed by atoms with van der Waals surface area (Å²) in [4.78, 5) is 0. The van der Waals surface area contributed by atoms with E-state index in [0.29, 0.717) is 0 Å². The van der Waals surface area contributed by atoms with E-state index >= 15 is 0 Å². The van der Waals surface area contributed by atoms with Crippen LogP contribution in [0.3, 0.4) is 0 Å². The van der Waals surface area contributed by atoms with Gasteiger partial charge in [0.2, 0.25) is 0 Å². The number of quaternary nitrogens is 1. The van der Waals surface area contributed by atoms with E-state index in [2.05, 4.69) is 37.8 Å². The van der Waals surface area contributed by atoms with Crippen LogP contribution in [0.25, 0.3) is 0 Å². The smallest absolute Gasteiger partial charge is 0.0997 e. The van der Waals surface area contributed by atoms with E-state index < -0.39 is 0 Å². The van der Waals surface area contributed by atoms with E-state index in [0.717, 1.165) is 19.4 Å². The molecule has 0 radical (unpaired) electrons. The second-order valence-corrected chi connectivity index (χ2v) is 3.11. The lowest BCUT2D eigenvalue weighted by Gasteiger charge is -2.03. The first-order chi connectivity index (χ1) is 5.80. The first kappa shape index (κ1) is 12.5. The summed E-state index contributed by atoms with van der Waals surface area (Å²) in [7, 11) is 0. The van der Waals surface area contributed by atoms with Crippen LogP contribution in [-0.4, -0.2) is 0 Å². The normalized spacial score (nSPS) is 9.46. The molecule has 3 N–H and O–H groups in total. The summed E-state index contributed by atoms with van der Waals surface area (Å²) in [6.07, 6.45) is 2.25. The molecule has 1 aromatic rings. The molecule has 0 amide bonds. The summed E-state index contributed by atoms with van der Waals surface area (Å²) in [6, 6.07) is 6.80. The lowest BCUT2D eigenvalue weighted by Crippen LogP contribution is -3.00. The zero-order valence-corrected chi connectivity index (χ0v) is 9.19. The standard InChI is InChI=1S/C11H17N.ClH/c1-3-9-5-10(4-2)7-11(6-9)8-12;/h5-7H,3-4,8,12H2,1-2H3;1H. The number of benzene rings is 1. The van der Waals surface area contributed by atoms with Crippen molar-refractivity contribution in [3.8, 4) is 0 Å². The topological polar surface area (TPSA) is 27.6 Å². The van der Waals surface area contributed by atoms with Crippen molar-refractivity contribution >= 4 is 0 Å². The molecule has 13 heavy (non-hydrogen) atoms. The highest BCUT2D eigenvalue weighted by Gasteiger charge is 1.97. The number of rotatable bonds is 3. The molecule has 0 unspecified atom stereocenters. The highest BCUT2D eigenvalue weighted by atomic mass is 35.5. The van der Waals surface area contributed by atoms with Gasteiger partial charge in [0.25, 0.3) is 0 Å². The molecule has 74 valence electrons. The van der Waals surface area contributed by atoms with Crippen LogP contribution in [0.1, 0.15) is 30.5 Å². The molecule has 0 aliphatic heterocycles. The van der Waals surface area contributed by atoms with Gasteiger partial charge in [-0.3, -0.25) is 0 Å². The molecule has 0 saturated carbocycles. The third kappa shape index (κ3) is 3.37.